The van der Waals surface area contributed by atoms with Gasteiger partial charge in [0.15, 0.2) is 4.21 Å². The quantitative estimate of drug-likeness (QED) is 0.392. The molecule has 1 saturated heterocycles. The number of benzene rings is 1. The van der Waals surface area contributed by atoms with Crippen molar-refractivity contribution >= 4 is 60.3 Å². The Morgan fingerprint density at radius 3 is 2.64 bits per heavy atom. The van der Waals surface area contributed by atoms with Gasteiger partial charge in [0, 0.05) is 23.8 Å². The monoisotopic (exact) mass is 548 g/mol. The van der Waals surface area contributed by atoms with Gasteiger partial charge in [0.05, 0.1) is 10.6 Å². The number of hydrogen-bond acceptors (Lipinski definition) is 7. The number of sulfonamides is 1. The van der Waals surface area contributed by atoms with Gasteiger partial charge in [-0.05, 0) is 60.6 Å². The largest absolute Gasteiger partial charge is 0.397 e. The molecule has 1 aliphatic rings. The lowest BCUT2D eigenvalue weighted by Gasteiger charge is -2.24. The van der Waals surface area contributed by atoms with E-state index in [1.165, 1.54) is 15.6 Å². The zero-order valence-corrected chi connectivity index (χ0v) is 22.8. The summed E-state index contributed by atoms with van der Waals surface area (Å²) in [6, 6.07) is 10.4. The third kappa shape index (κ3) is 6.08. The highest BCUT2D eigenvalue weighted by molar-refractivity contribution is 7.91. The molecule has 0 unspecified atom stereocenters. The molecule has 1 aromatic carbocycles. The van der Waals surface area contributed by atoms with E-state index in [2.05, 4.69) is 10.6 Å². The van der Waals surface area contributed by atoms with E-state index in [0.29, 0.717) is 43.6 Å². The highest BCUT2D eigenvalue weighted by atomic mass is 32.2. The van der Waals surface area contributed by atoms with Crippen LogP contribution in [0.2, 0.25) is 0 Å². The van der Waals surface area contributed by atoms with Crippen LogP contribution in [0, 0.1) is 5.92 Å². The zero-order chi connectivity index (χ0) is 25.9. The number of nitrogens with two attached hydrogens (primary N) is 1. The highest BCUT2D eigenvalue weighted by Gasteiger charge is 2.31. The van der Waals surface area contributed by atoms with E-state index in [4.69, 9.17) is 5.73 Å². The number of nitrogens with one attached hydrogen (secondary N) is 2. The van der Waals surface area contributed by atoms with Crippen LogP contribution in [0.4, 0.5) is 5.69 Å². The number of nitrogens with zero attached hydrogens (tertiary/aromatic N) is 1. The maximum absolute atomic E-state index is 13.2. The van der Waals surface area contributed by atoms with Gasteiger partial charge in [0.25, 0.3) is 15.9 Å². The second-order valence-corrected chi connectivity index (χ2v) is 13.6. The number of thiophene rings is 2. The molecule has 2 atom stereocenters. The van der Waals surface area contributed by atoms with Gasteiger partial charge in [0.1, 0.15) is 6.04 Å². The van der Waals surface area contributed by atoms with Crippen LogP contribution in [0.5, 0.6) is 0 Å². The Morgan fingerprint density at radius 2 is 1.94 bits per heavy atom. The van der Waals surface area contributed by atoms with Crippen molar-refractivity contribution in [2.75, 3.05) is 18.8 Å². The molecule has 2 aromatic heterocycles. The van der Waals surface area contributed by atoms with Gasteiger partial charge < -0.3 is 16.4 Å². The third-order valence-corrected chi connectivity index (χ3v) is 10.8. The maximum Gasteiger partial charge on any atom is 0.262 e. The second-order valence-electron chi connectivity index (χ2n) is 9.51. The van der Waals surface area contributed by atoms with Crippen molar-refractivity contribution in [1.82, 2.24) is 14.9 Å². The molecule has 11 heteroatoms. The predicted molar refractivity (Wildman–Crippen MR) is 146 cm³/mol. The summed E-state index contributed by atoms with van der Waals surface area (Å²) < 4.78 is 28.7. The maximum atomic E-state index is 13.2. The number of nitrogen functional groups attached to an aromatic ring is 1. The Hall–Kier alpha value is -2.47. The van der Waals surface area contributed by atoms with Crippen LogP contribution in [0.15, 0.2) is 46.0 Å². The molecule has 3 aromatic rings. The Kier molecular flexibility index (Phi) is 8.34. The molecule has 1 aliphatic heterocycles. The molecular formula is C25H32N4O4S3. The van der Waals surface area contributed by atoms with Crippen LogP contribution in [0.1, 0.15) is 49.2 Å². The molecule has 4 rings (SSSR count). The van der Waals surface area contributed by atoms with Crippen molar-refractivity contribution in [3.63, 3.8) is 0 Å². The number of hydrogen-bond donors (Lipinski definition) is 3. The lowest BCUT2D eigenvalue weighted by Crippen LogP contribution is -2.50. The highest BCUT2D eigenvalue weighted by Crippen LogP contribution is 2.29. The predicted octanol–water partition coefficient (Wildman–Crippen LogP) is 4.05. The fraction of sp³-hybridized carbons (Fsp3) is 0.440. The fourth-order valence-electron chi connectivity index (χ4n) is 4.41. The number of carbonyl (C=O) groups is 2. The SMILES string of the molecule is CC(C)C[C@H](NC(=O)c1cc2ccccc2s1)C(=O)N[C@@H]1CCCN(S(=O)(=O)c2sccc2N)CC1. The van der Waals surface area contributed by atoms with Crippen molar-refractivity contribution in [2.45, 2.75) is 55.8 Å². The lowest BCUT2D eigenvalue weighted by molar-refractivity contribution is -0.124. The molecule has 0 radical (unpaired) electrons. The fourth-order valence-corrected chi connectivity index (χ4v) is 8.21. The molecule has 1 fully saturated rings. The Balaban J connectivity index is 1.40. The summed E-state index contributed by atoms with van der Waals surface area (Å²) in [6.45, 7) is 4.70. The number of amides is 2. The summed E-state index contributed by atoms with van der Waals surface area (Å²) >= 11 is 2.52. The van der Waals surface area contributed by atoms with Gasteiger partial charge in [-0.25, -0.2) is 8.42 Å². The first-order valence-corrected chi connectivity index (χ1v) is 15.2. The number of rotatable bonds is 8. The van der Waals surface area contributed by atoms with E-state index >= 15 is 0 Å². The Bertz CT molecular complexity index is 1300. The lowest BCUT2D eigenvalue weighted by atomic mass is 10.0. The van der Waals surface area contributed by atoms with Gasteiger partial charge >= 0.3 is 0 Å². The van der Waals surface area contributed by atoms with E-state index in [0.717, 1.165) is 21.4 Å². The molecule has 0 aliphatic carbocycles. The molecular weight excluding hydrogens is 517 g/mol. The minimum absolute atomic E-state index is 0.172. The van der Waals surface area contributed by atoms with Crippen LogP contribution in [-0.2, 0) is 14.8 Å². The molecule has 0 saturated carbocycles. The molecule has 8 nitrogen and oxygen atoms in total. The van der Waals surface area contributed by atoms with Crippen molar-refractivity contribution in [2.24, 2.45) is 5.92 Å². The number of fused-ring (bicyclic) bond motifs is 1. The van der Waals surface area contributed by atoms with E-state index in [-0.39, 0.29) is 33.7 Å². The molecule has 4 N–H and O–H groups in total. The van der Waals surface area contributed by atoms with E-state index < -0.39 is 16.1 Å². The molecule has 0 spiro atoms. The van der Waals surface area contributed by atoms with Gasteiger partial charge in [-0.2, -0.15) is 4.31 Å². The zero-order valence-electron chi connectivity index (χ0n) is 20.4. The van der Waals surface area contributed by atoms with Crippen LogP contribution in [0.3, 0.4) is 0 Å². The Morgan fingerprint density at radius 1 is 1.17 bits per heavy atom. The van der Waals surface area contributed by atoms with Gasteiger partial charge in [-0.15, -0.1) is 22.7 Å². The van der Waals surface area contributed by atoms with Crippen LogP contribution in [0.25, 0.3) is 10.1 Å². The molecule has 2 amide bonds. The summed E-state index contributed by atoms with van der Waals surface area (Å²) in [7, 11) is -3.66. The minimum atomic E-state index is -3.66. The molecule has 0 bridgehead atoms. The van der Waals surface area contributed by atoms with Crippen molar-refractivity contribution < 1.29 is 18.0 Å². The summed E-state index contributed by atoms with van der Waals surface area (Å²) in [6.07, 6.45) is 2.29. The first-order valence-electron chi connectivity index (χ1n) is 12.1. The van der Waals surface area contributed by atoms with Gasteiger partial charge in [-0.1, -0.05) is 32.0 Å². The third-order valence-electron chi connectivity index (χ3n) is 6.24. The van der Waals surface area contributed by atoms with Crippen LogP contribution in [-0.4, -0.2) is 49.7 Å². The number of anilines is 1. The topological polar surface area (TPSA) is 122 Å². The van der Waals surface area contributed by atoms with Crippen molar-refractivity contribution in [3.8, 4) is 0 Å². The molecule has 36 heavy (non-hydrogen) atoms. The van der Waals surface area contributed by atoms with Crippen molar-refractivity contribution in [1.29, 1.82) is 0 Å². The van der Waals surface area contributed by atoms with E-state index in [1.807, 2.05) is 44.2 Å². The standard InChI is InChI=1S/C25H32N4O4S3/c1-16(2)14-20(28-24(31)22-15-17-6-3-4-8-21(17)35-22)23(30)27-18-7-5-11-29(12-9-18)36(32,33)25-19(26)10-13-34-25/h3-4,6,8,10,13,15-16,18,20H,5,7,9,11-12,14,26H2,1-2H3,(H,27,30)(H,28,31)/t18-,20+/m1/s1. The normalized spacial score (nSPS) is 18.1. The number of carbonyl (C=O) groups excluding carboxylic acids is 2. The van der Waals surface area contributed by atoms with Crippen molar-refractivity contribution in [3.05, 3.63) is 46.7 Å². The summed E-state index contributed by atoms with van der Waals surface area (Å²) in [5, 5.41) is 8.67. The Labute approximate surface area is 219 Å². The minimum Gasteiger partial charge on any atom is -0.397 e. The average molecular weight is 549 g/mol. The van der Waals surface area contributed by atoms with Gasteiger partial charge in [0.2, 0.25) is 5.91 Å². The molecule has 3 heterocycles. The summed E-state index contributed by atoms with van der Waals surface area (Å²) in [5.74, 6) is -0.292. The first-order chi connectivity index (χ1) is 17.1. The second kappa shape index (κ2) is 11.3. The molecule has 194 valence electrons. The average Bonchev–Trinajstić information content (AvgIpc) is 3.39. The first kappa shape index (κ1) is 26.6. The van der Waals surface area contributed by atoms with E-state index in [1.54, 1.807) is 11.4 Å². The smallest absolute Gasteiger partial charge is 0.262 e. The summed E-state index contributed by atoms with van der Waals surface area (Å²) in [5.41, 5.74) is 6.12. The van der Waals surface area contributed by atoms with Gasteiger partial charge in [-0.3, -0.25) is 9.59 Å². The summed E-state index contributed by atoms with van der Waals surface area (Å²) in [4.78, 5) is 26.8. The van der Waals surface area contributed by atoms with Crippen LogP contribution < -0.4 is 16.4 Å². The van der Waals surface area contributed by atoms with Crippen LogP contribution >= 0.6 is 22.7 Å². The van der Waals surface area contributed by atoms with E-state index in [9.17, 15) is 18.0 Å².